The Bertz CT molecular complexity index is 612. The van der Waals surface area contributed by atoms with Crippen LogP contribution in [0.25, 0.3) is 0 Å². The molecule has 1 aromatic carbocycles. The molecule has 0 amide bonds. The van der Waals surface area contributed by atoms with Crippen LogP contribution in [0, 0.1) is 0 Å². The summed E-state index contributed by atoms with van der Waals surface area (Å²) in [5.41, 5.74) is 4.42. The Hall–Kier alpha value is -1.80. The molecular weight excluding hydrogens is 260 g/mol. The van der Waals surface area contributed by atoms with E-state index in [4.69, 9.17) is 9.15 Å². The van der Waals surface area contributed by atoms with Gasteiger partial charge in [0.2, 0.25) is 0 Å². The monoisotopic (exact) mass is 282 g/mol. The van der Waals surface area contributed by atoms with Crippen molar-refractivity contribution in [2.75, 3.05) is 6.61 Å². The molecule has 0 aliphatic heterocycles. The summed E-state index contributed by atoms with van der Waals surface area (Å²) in [6, 6.07) is 10.7. The fourth-order valence-electron chi connectivity index (χ4n) is 3.23. The predicted molar refractivity (Wildman–Crippen MR) is 84.3 cm³/mol. The van der Waals surface area contributed by atoms with Crippen LogP contribution in [0.15, 0.2) is 59.4 Å². The van der Waals surface area contributed by atoms with Crippen LogP contribution >= 0.6 is 0 Å². The van der Waals surface area contributed by atoms with Crippen molar-refractivity contribution < 1.29 is 9.15 Å². The van der Waals surface area contributed by atoms with Gasteiger partial charge in [-0.2, -0.15) is 0 Å². The molecule has 0 saturated heterocycles. The molecule has 1 aromatic heterocycles. The lowest BCUT2D eigenvalue weighted by Gasteiger charge is -2.34. The molecule has 0 bridgehead atoms. The number of hydrogen-bond donors (Lipinski definition) is 0. The Morgan fingerprint density at radius 1 is 1.29 bits per heavy atom. The summed E-state index contributed by atoms with van der Waals surface area (Å²) in [6.45, 7) is 6.56. The van der Waals surface area contributed by atoms with Crippen molar-refractivity contribution in [2.45, 2.75) is 38.2 Å². The van der Waals surface area contributed by atoms with Crippen molar-refractivity contribution in [3.05, 3.63) is 71.7 Å². The van der Waals surface area contributed by atoms with Crippen molar-refractivity contribution in [1.82, 2.24) is 0 Å². The number of furan rings is 1. The van der Waals surface area contributed by atoms with Crippen LogP contribution < -0.4 is 0 Å². The van der Waals surface area contributed by atoms with Gasteiger partial charge in [-0.3, -0.25) is 0 Å². The van der Waals surface area contributed by atoms with Crippen LogP contribution in [0.2, 0.25) is 0 Å². The summed E-state index contributed by atoms with van der Waals surface area (Å²) in [4.78, 5) is 0. The maximum atomic E-state index is 6.42. The summed E-state index contributed by atoms with van der Waals surface area (Å²) in [5, 5.41) is 0. The van der Waals surface area contributed by atoms with Crippen molar-refractivity contribution in [3.63, 3.8) is 0 Å². The van der Waals surface area contributed by atoms with Crippen LogP contribution in [0.5, 0.6) is 0 Å². The Morgan fingerprint density at radius 2 is 2.14 bits per heavy atom. The van der Waals surface area contributed by atoms with E-state index in [0.29, 0.717) is 6.61 Å². The third-order valence-corrected chi connectivity index (χ3v) is 4.23. The first-order valence-electron chi connectivity index (χ1n) is 7.62. The van der Waals surface area contributed by atoms with Crippen molar-refractivity contribution in [2.24, 2.45) is 0 Å². The normalized spacial score (nSPS) is 21.6. The van der Waals surface area contributed by atoms with E-state index in [2.05, 4.69) is 30.8 Å². The minimum atomic E-state index is -0.404. The first kappa shape index (κ1) is 14.2. The van der Waals surface area contributed by atoms with Crippen molar-refractivity contribution >= 4 is 0 Å². The molecule has 1 aliphatic rings. The minimum Gasteiger partial charge on any atom is -0.472 e. The zero-order chi connectivity index (χ0) is 14.7. The molecule has 1 unspecified atom stereocenters. The van der Waals surface area contributed by atoms with Gasteiger partial charge in [0.05, 0.1) is 19.1 Å². The highest BCUT2D eigenvalue weighted by Crippen LogP contribution is 2.43. The quantitative estimate of drug-likeness (QED) is 0.591. The summed E-state index contributed by atoms with van der Waals surface area (Å²) < 4.78 is 11.8. The Labute approximate surface area is 126 Å². The van der Waals surface area contributed by atoms with Gasteiger partial charge in [-0.1, -0.05) is 36.4 Å². The standard InChI is InChI=1S/C19H22O2/c1-15(2)13-21-19(17-10-12-20-14-17)11-6-5-8-16-7-3-4-9-18(16)19/h3-4,7,9-10,12,14H,1,5-6,8,11,13H2,2H3. The SMILES string of the molecule is C=C(C)COC1(c2ccoc2)CCCCc2ccccc21. The van der Waals surface area contributed by atoms with Gasteiger partial charge in [-0.15, -0.1) is 0 Å². The molecule has 0 N–H and O–H groups in total. The second kappa shape index (κ2) is 5.90. The van der Waals surface area contributed by atoms with Gasteiger partial charge in [0, 0.05) is 5.56 Å². The third-order valence-electron chi connectivity index (χ3n) is 4.23. The van der Waals surface area contributed by atoms with Gasteiger partial charge >= 0.3 is 0 Å². The van der Waals surface area contributed by atoms with Crippen molar-refractivity contribution in [3.8, 4) is 0 Å². The summed E-state index contributed by atoms with van der Waals surface area (Å²) in [6.07, 6.45) is 8.00. The number of rotatable bonds is 4. The van der Waals surface area contributed by atoms with E-state index in [-0.39, 0.29) is 0 Å². The van der Waals surface area contributed by atoms with Gasteiger partial charge in [-0.05, 0) is 49.8 Å². The molecule has 1 atom stereocenters. The van der Waals surface area contributed by atoms with Gasteiger partial charge in [-0.25, -0.2) is 0 Å². The fraction of sp³-hybridized carbons (Fsp3) is 0.368. The lowest BCUT2D eigenvalue weighted by molar-refractivity contribution is -0.0127. The third kappa shape index (κ3) is 2.68. The second-order valence-corrected chi connectivity index (χ2v) is 5.95. The van der Waals surface area contributed by atoms with Crippen LogP contribution in [0.1, 0.15) is 42.9 Å². The predicted octanol–water partition coefficient (Wildman–Crippen LogP) is 4.84. The van der Waals surface area contributed by atoms with Gasteiger partial charge < -0.3 is 9.15 Å². The molecule has 21 heavy (non-hydrogen) atoms. The van der Waals surface area contributed by atoms with E-state index in [1.165, 1.54) is 17.5 Å². The van der Waals surface area contributed by atoms with Gasteiger partial charge in [0.1, 0.15) is 5.60 Å². The van der Waals surface area contributed by atoms with Crippen LogP contribution in [0.3, 0.4) is 0 Å². The smallest absolute Gasteiger partial charge is 0.122 e. The summed E-state index contributed by atoms with van der Waals surface area (Å²) >= 11 is 0. The van der Waals surface area contributed by atoms with E-state index < -0.39 is 5.60 Å². The number of aryl methyl sites for hydroxylation is 1. The number of fused-ring (bicyclic) bond motifs is 1. The summed E-state index contributed by atoms with van der Waals surface area (Å²) in [5.74, 6) is 0. The molecule has 2 heteroatoms. The molecule has 0 fully saturated rings. The molecule has 0 spiro atoms. The zero-order valence-electron chi connectivity index (χ0n) is 12.6. The first-order valence-corrected chi connectivity index (χ1v) is 7.62. The molecule has 1 heterocycles. The fourth-order valence-corrected chi connectivity index (χ4v) is 3.23. The first-order chi connectivity index (χ1) is 10.2. The Morgan fingerprint density at radius 3 is 2.90 bits per heavy atom. The molecule has 0 radical (unpaired) electrons. The second-order valence-electron chi connectivity index (χ2n) is 5.95. The maximum absolute atomic E-state index is 6.42. The molecular formula is C19H22O2. The lowest BCUT2D eigenvalue weighted by Crippen LogP contribution is -2.32. The zero-order valence-corrected chi connectivity index (χ0v) is 12.6. The minimum absolute atomic E-state index is 0.404. The average Bonchev–Trinajstić information content (AvgIpc) is 2.96. The highest BCUT2D eigenvalue weighted by atomic mass is 16.5. The number of ether oxygens (including phenoxy) is 1. The molecule has 1 aliphatic carbocycles. The van der Waals surface area contributed by atoms with E-state index in [0.717, 1.165) is 30.4 Å². The van der Waals surface area contributed by atoms with E-state index in [1.807, 2.05) is 19.3 Å². The van der Waals surface area contributed by atoms with Gasteiger partial charge in [0.25, 0.3) is 0 Å². The highest BCUT2D eigenvalue weighted by Gasteiger charge is 2.38. The van der Waals surface area contributed by atoms with Crippen molar-refractivity contribution in [1.29, 1.82) is 0 Å². The molecule has 0 saturated carbocycles. The Balaban J connectivity index is 2.12. The highest BCUT2D eigenvalue weighted by molar-refractivity contribution is 5.41. The van der Waals surface area contributed by atoms with E-state index in [1.54, 1.807) is 6.26 Å². The maximum Gasteiger partial charge on any atom is 0.122 e. The molecule has 3 rings (SSSR count). The van der Waals surface area contributed by atoms with E-state index >= 15 is 0 Å². The summed E-state index contributed by atoms with van der Waals surface area (Å²) in [7, 11) is 0. The Kier molecular flexibility index (Phi) is 3.98. The lowest BCUT2D eigenvalue weighted by atomic mass is 9.83. The number of benzene rings is 1. The molecule has 110 valence electrons. The van der Waals surface area contributed by atoms with Crippen LogP contribution in [-0.4, -0.2) is 6.61 Å². The van der Waals surface area contributed by atoms with E-state index in [9.17, 15) is 0 Å². The average molecular weight is 282 g/mol. The molecule has 2 aromatic rings. The van der Waals surface area contributed by atoms with Gasteiger partial charge in [0.15, 0.2) is 0 Å². The topological polar surface area (TPSA) is 22.4 Å². The van der Waals surface area contributed by atoms with Crippen LogP contribution in [0.4, 0.5) is 0 Å². The number of hydrogen-bond acceptors (Lipinski definition) is 2. The largest absolute Gasteiger partial charge is 0.472 e. The van der Waals surface area contributed by atoms with Crippen LogP contribution in [-0.2, 0) is 16.8 Å². The molecule has 2 nitrogen and oxygen atoms in total.